The van der Waals surface area contributed by atoms with Gasteiger partial charge in [0.25, 0.3) is 5.69 Å². The number of nitro groups is 1. The third-order valence-corrected chi connectivity index (χ3v) is 4.81. The number of sulfone groups is 1. The second-order valence-corrected chi connectivity index (χ2v) is 6.72. The minimum atomic E-state index is -3.80. The lowest BCUT2D eigenvalue weighted by Gasteiger charge is -2.08. The Labute approximate surface area is 126 Å². The summed E-state index contributed by atoms with van der Waals surface area (Å²) in [6.07, 6.45) is 0. The van der Waals surface area contributed by atoms with Crippen LogP contribution in [0.25, 0.3) is 0 Å². The second-order valence-electron chi connectivity index (χ2n) is 4.33. The van der Waals surface area contributed by atoms with Crippen molar-refractivity contribution in [1.82, 2.24) is 0 Å². The zero-order valence-electron chi connectivity index (χ0n) is 10.7. The van der Waals surface area contributed by atoms with Crippen LogP contribution in [0.2, 0.25) is 5.02 Å². The van der Waals surface area contributed by atoms with E-state index in [1.54, 1.807) is 6.07 Å². The molecule has 2 aromatic carbocycles. The van der Waals surface area contributed by atoms with Crippen molar-refractivity contribution in [2.24, 2.45) is 0 Å². The summed E-state index contributed by atoms with van der Waals surface area (Å²) in [5, 5.41) is 11.2. The molecule has 2 rings (SSSR count). The molecule has 0 saturated heterocycles. The molecular weight excluding hydrogens is 316 g/mol. The fourth-order valence-electron chi connectivity index (χ4n) is 1.89. The summed E-state index contributed by atoms with van der Waals surface area (Å²) in [5.41, 5.74) is 5.48. The van der Waals surface area contributed by atoms with Crippen LogP contribution in [0.4, 0.5) is 11.4 Å². The number of anilines is 1. The molecule has 0 aromatic heterocycles. The van der Waals surface area contributed by atoms with Gasteiger partial charge in [-0.1, -0.05) is 23.7 Å². The minimum Gasteiger partial charge on any atom is -0.398 e. The first-order chi connectivity index (χ1) is 9.81. The van der Waals surface area contributed by atoms with E-state index in [1.807, 2.05) is 0 Å². The zero-order chi connectivity index (χ0) is 15.6. The van der Waals surface area contributed by atoms with Gasteiger partial charge in [-0.2, -0.15) is 0 Å². The number of nitrogens with two attached hydrogens (primary N) is 1. The molecule has 0 heterocycles. The number of para-hydroxylation sites is 1. The van der Waals surface area contributed by atoms with Crippen molar-refractivity contribution in [3.8, 4) is 0 Å². The molecule has 0 aliphatic rings. The predicted octanol–water partition coefficient (Wildman–Crippen LogP) is 2.80. The Bertz CT molecular complexity index is 806. The normalized spacial score (nSPS) is 11.3. The van der Waals surface area contributed by atoms with Gasteiger partial charge in [-0.05, 0) is 24.3 Å². The second kappa shape index (κ2) is 5.71. The van der Waals surface area contributed by atoms with Crippen LogP contribution in [0.15, 0.2) is 47.4 Å². The van der Waals surface area contributed by atoms with Crippen LogP contribution in [0.3, 0.4) is 0 Å². The molecule has 0 fully saturated rings. The number of hydrogen-bond acceptors (Lipinski definition) is 5. The average Bonchev–Trinajstić information content (AvgIpc) is 2.38. The Morgan fingerprint density at radius 3 is 2.48 bits per heavy atom. The van der Waals surface area contributed by atoms with Crippen molar-refractivity contribution >= 4 is 32.8 Å². The van der Waals surface area contributed by atoms with Crippen molar-refractivity contribution in [2.45, 2.75) is 10.6 Å². The predicted molar refractivity (Wildman–Crippen MR) is 79.9 cm³/mol. The van der Waals surface area contributed by atoms with Gasteiger partial charge in [-0.15, -0.1) is 0 Å². The van der Waals surface area contributed by atoms with Crippen LogP contribution in [-0.2, 0) is 15.6 Å². The van der Waals surface area contributed by atoms with Gasteiger partial charge in [0.2, 0.25) is 0 Å². The van der Waals surface area contributed by atoms with Crippen molar-refractivity contribution in [3.63, 3.8) is 0 Å². The maximum absolute atomic E-state index is 12.4. The van der Waals surface area contributed by atoms with Gasteiger partial charge < -0.3 is 5.73 Å². The number of nitrogens with zero attached hydrogens (tertiary/aromatic N) is 1. The number of hydrogen-bond donors (Lipinski definition) is 1. The van der Waals surface area contributed by atoms with Gasteiger partial charge in [0.15, 0.2) is 9.84 Å². The third-order valence-electron chi connectivity index (χ3n) is 2.84. The summed E-state index contributed by atoms with van der Waals surface area (Å²) in [5.74, 6) is -0.544. The van der Waals surface area contributed by atoms with Crippen LogP contribution >= 0.6 is 11.6 Å². The molecule has 6 nitrogen and oxygen atoms in total. The van der Waals surface area contributed by atoms with Gasteiger partial charge >= 0.3 is 0 Å². The highest BCUT2D eigenvalue weighted by Crippen LogP contribution is 2.28. The van der Waals surface area contributed by atoms with Crippen LogP contribution in [0.5, 0.6) is 0 Å². The number of rotatable bonds is 4. The molecule has 0 atom stereocenters. The molecule has 0 aliphatic carbocycles. The summed E-state index contributed by atoms with van der Waals surface area (Å²) in [6, 6.07) is 9.76. The largest absolute Gasteiger partial charge is 0.398 e. The van der Waals surface area contributed by atoms with Gasteiger partial charge in [-0.3, -0.25) is 10.1 Å². The summed E-state index contributed by atoms with van der Waals surface area (Å²) >= 11 is 5.79. The van der Waals surface area contributed by atoms with Crippen LogP contribution in [0, 0.1) is 10.1 Å². The Morgan fingerprint density at radius 2 is 1.86 bits per heavy atom. The molecule has 2 aromatic rings. The van der Waals surface area contributed by atoms with Crippen molar-refractivity contribution in [2.75, 3.05) is 5.73 Å². The van der Waals surface area contributed by atoms with Crippen molar-refractivity contribution in [1.29, 1.82) is 0 Å². The molecule has 0 radical (unpaired) electrons. The summed E-state index contributed by atoms with van der Waals surface area (Å²) in [7, 11) is -3.80. The molecule has 21 heavy (non-hydrogen) atoms. The van der Waals surface area contributed by atoms with E-state index in [4.69, 9.17) is 17.3 Å². The van der Waals surface area contributed by atoms with E-state index in [1.165, 1.54) is 36.4 Å². The molecule has 8 heteroatoms. The molecular formula is C13H11ClN2O4S. The van der Waals surface area contributed by atoms with E-state index in [2.05, 4.69) is 0 Å². The SMILES string of the molecule is Nc1ccccc1S(=O)(=O)Cc1cc(Cl)ccc1[N+](=O)[O-]. The van der Waals surface area contributed by atoms with Gasteiger partial charge in [-0.25, -0.2) is 8.42 Å². The lowest BCUT2D eigenvalue weighted by Crippen LogP contribution is -2.09. The maximum Gasteiger partial charge on any atom is 0.273 e. The van der Waals surface area contributed by atoms with Crippen LogP contribution in [-0.4, -0.2) is 13.3 Å². The number of halogens is 1. The molecule has 2 N–H and O–H groups in total. The molecule has 0 saturated carbocycles. The van der Waals surface area contributed by atoms with Gasteiger partial charge in [0.05, 0.1) is 21.3 Å². The summed E-state index contributed by atoms with van der Waals surface area (Å²) in [6.45, 7) is 0. The van der Waals surface area contributed by atoms with Crippen molar-refractivity contribution in [3.05, 3.63) is 63.2 Å². The molecule has 110 valence electrons. The molecule has 0 bridgehead atoms. The Hall–Kier alpha value is -2.12. The van der Waals surface area contributed by atoms with E-state index in [0.29, 0.717) is 0 Å². The molecule has 0 unspecified atom stereocenters. The number of nitrogen functional groups attached to an aromatic ring is 1. The van der Waals surface area contributed by atoms with E-state index < -0.39 is 20.5 Å². The topological polar surface area (TPSA) is 103 Å². The quantitative estimate of drug-likeness (QED) is 0.528. The van der Waals surface area contributed by atoms with Crippen LogP contribution < -0.4 is 5.73 Å². The van der Waals surface area contributed by atoms with Crippen LogP contribution in [0.1, 0.15) is 5.56 Å². The maximum atomic E-state index is 12.4. The zero-order valence-corrected chi connectivity index (χ0v) is 12.3. The Kier molecular flexibility index (Phi) is 4.15. The van der Waals surface area contributed by atoms with E-state index in [-0.39, 0.29) is 26.9 Å². The lowest BCUT2D eigenvalue weighted by molar-refractivity contribution is -0.385. The van der Waals surface area contributed by atoms with E-state index >= 15 is 0 Å². The number of benzene rings is 2. The molecule has 0 aliphatic heterocycles. The minimum absolute atomic E-state index is 0.0238. The van der Waals surface area contributed by atoms with E-state index in [0.717, 1.165) is 0 Å². The first-order valence-electron chi connectivity index (χ1n) is 5.81. The first kappa shape index (κ1) is 15.3. The van der Waals surface area contributed by atoms with Gasteiger partial charge in [0.1, 0.15) is 0 Å². The smallest absolute Gasteiger partial charge is 0.273 e. The fourth-order valence-corrected chi connectivity index (χ4v) is 3.60. The molecule has 0 spiro atoms. The highest BCUT2D eigenvalue weighted by molar-refractivity contribution is 7.90. The highest BCUT2D eigenvalue weighted by atomic mass is 35.5. The van der Waals surface area contributed by atoms with Gasteiger partial charge in [0, 0.05) is 16.7 Å². The monoisotopic (exact) mass is 326 g/mol. The third kappa shape index (κ3) is 3.32. The Balaban J connectivity index is 2.49. The Morgan fingerprint density at radius 1 is 1.19 bits per heavy atom. The molecule has 0 amide bonds. The first-order valence-corrected chi connectivity index (χ1v) is 7.84. The average molecular weight is 327 g/mol. The van der Waals surface area contributed by atoms with Crippen molar-refractivity contribution < 1.29 is 13.3 Å². The fraction of sp³-hybridized carbons (Fsp3) is 0.0769. The standard InChI is InChI=1S/C13H11ClN2O4S/c14-10-5-6-12(16(17)18)9(7-10)8-21(19,20)13-4-2-1-3-11(13)15/h1-7H,8,15H2. The summed E-state index contributed by atoms with van der Waals surface area (Å²) in [4.78, 5) is 10.3. The number of nitro benzene ring substituents is 1. The highest BCUT2D eigenvalue weighted by Gasteiger charge is 2.23. The van der Waals surface area contributed by atoms with E-state index in [9.17, 15) is 18.5 Å². The summed E-state index contributed by atoms with van der Waals surface area (Å²) < 4.78 is 24.7. The lowest BCUT2D eigenvalue weighted by atomic mass is 10.2.